The zero-order valence-electron chi connectivity index (χ0n) is 14.5. The predicted octanol–water partition coefficient (Wildman–Crippen LogP) is 3.30. The highest BCUT2D eigenvalue weighted by Gasteiger charge is 2.30. The van der Waals surface area contributed by atoms with Gasteiger partial charge >= 0.3 is 0 Å². The molecule has 2 N–H and O–H groups in total. The summed E-state index contributed by atoms with van der Waals surface area (Å²) in [5.74, 6) is 1.14. The predicted molar refractivity (Wildman–Crippen MR) is 95.7 cm³/mol. The van der Waals surface area contributed by atoms with E-state index in [0.717, 1.165) is 16.9 Å². The molecule has 6 nitrogen and oxygen atoms in total. The number of nitrogens with zero attached hydrogens (tertiary/aromatic N) is 2. The third-order valence-corrected chi connectivity index (χ3v) is 5.12. The largest absolute Gasteiger partial charge is 0.326 e. The Morgan fingerprint density at radius 3 is 2.88 bits per heavy atom. The van der Waals surface area contributed by atoms with E-state index in [4.69, 9.17) is 0 Å². The van der Waals surface area contributed by atoms with Crippen LogP contribution in [-0.4, -0.2) is 21.6 Å². The Bertz CT molecular complexity index is 851. The second kappa shape index (κ2) is 6.02. The molecule has 1 aromatic carbocycles. The molecule has 0 radical (unpaired) electrons. The van der Waals surface area contributed by atoms with Gasteiger partial charge in [0.15, 0.2) is 5.82 Å². The van der Waals surface area contributed by atoms with Gasteiger partial charge in [0.1, 0.15) is 0 Å². The fourth-order valence-electron chi connectivity index (χ4n) is 3.45. The van der Waals surface area contributed by atoms with Crippen LogP contribution in [0.1, 0.15) is 53.8 Å². The summed E-state index contributed by atoms with van der Waals surface area (Å²) in [6, 6.07) is 7.66. The van der Waals surface area contributed by atoms with Crippen molar-refractivity contribution in [3.05, 3.63) is 41.1 Å². The first-order chi connectivity index (χ1) is 12.0. The van der Waals surface area contributed by atoms with Gasteiger partial charge in [-0.15, -0.1) is 0 Å². The molecule has 2 aliphatic rings. The normalized spacial score (nSPS) is 17.6. The van der Waals surface area contributed by atoms with Gasteiger partial charge < -0.3 is 10.6 Å². The highest BCUT2D eigenvalue weighted by Crippen LogP contribution is 2.39. The molecule has 0 bridgehead atoms. The molecule has 130 valence electrons. The smallest absolute Gasteiger partial charge is 0.256 e. The molecule has 1 aliphatic heterocycles. The maximum absolute atomic E-state index is 12.6. The van der Waals surface area contributed by atoms with Crippen LogP contribution >= 0.6 is 0 Å². The van der Waals surface area contributed by atoms with Crippen LogP contribution in [0, 0.1) is 12.8 Å². The number of hydrogen-bond donors (Lipinski definition) is 2. The highest BCUT2D eigenvalue weighted by atomic mass is 16.2. The van der Waals surface area contributed by atoms with Gasteiger partial charge in [-0.2, -0.15) is 5.10 Å². The minimum absolute atomic E-state index is 0.0236. The number of carbonyl (C=O) groups is 2. The lowest BCUT2D eigenvalue weighted by Gasteiger charge is -2.17. The summed E-state index contributed by atoms with van der Waals surface area (Å²) in [4.78, 5) is 24.0. The fraction of sp³-hybridized carbons (Fsp3) is 0.421. The van der Waals surface area contributed by atoms with E-state index in [0.29, 0.717) is 36.2 Å². The van der Waals surface area contributed by atoms with E-state index >= 15 is 0 Å². The summed E-state index contributed by atoms with van der Waals surface area (Å²) < 4.78 is 2.01. The lowest BCUT2D eigenvalue weighted by Crippen LogP contribution is -2.20. The van der Waals surface area contributed by atoms with Gasteiger partial charge in [-0.25, -0.2) is 0 Å². The Balaban J connectivity index is 1.50. The maximum atomic E-state index is 12.6. The van der Waals surface area contributed by atoms with Crippen LogP contribution in [0.2, 0.25) is 0 Å². The fourth-order valence-corrected chi connectivity index (χ4v) is 3.45. The summed E-state index contributed by atoms with van der Waals surface area (Å²) in [6.07, 6.45) is 3.64. The van der Waals surface area contributed by atoms with Crippen molar-refractivity contribution in [1.82, 2.24) is 9.78 Å². The van der Waals surface area contributed by atoms with Crippen LogP contribution < -0.4 is 10.6 Å². The molecule has 1 aliphatic carbocycles. The molecule has 1 saturated carbocycles. The molecule has 1 fully saturated rings. The SMILES string of the molecule is Cc1cc(NC(=O)c2ccc3c(c2)CCC(=O)N3)nn1C(C)C1CC1. The van der Waals surface area contributed by atoms with Gasteiger partial charge in [-0.05, 0) is 62.8 Å². The number of aryl methyl sites for hydroxylation is 2. The Morgan fingerprint density at radius 1 is 1.32 bits per heavy atom. The third kappa shape index (κ3) is 3.16. The van der Waals surface area contributed by atoms with Crippen molar-refractivity contribution in [1.29, 1.82) is 0 Å². The van der Waals surface area contributed by atoms with Gasteiger partial charge in [0.2, 0.25) is 5.91 Å². The zero-order chi connectivity index (χ0) is 17.6. The van der Waals surface area contributed by atoms with E-state index in [-0.39, 0.29) is 11.8 Å². The van der Waals surface area contributed by atoms with E-state index in [9.17, 15) is 9.59 Å². The summed E-state index contributed by atoms with van der Waals surface area (Å²) >= 11 is 0. The first kappa shape index (κ1) is 15.9. The molecule has 25 heavy (non-hydrogen) atoms. The summed E-state index contributed by atoms with van der Waals surface area (Å²) in [6.45, 7) is 4.20. The number of aromatic nitrogens is 2. The Hall–Kier alpha value is -2.63. The minimum Gasteiger partial charge on any atom is -0.326 e. The molecule has 0 spiro atoms. The van der Waals surface area contributed by atoms with E-state index in [1.807, 2.05) is 23.7 Å². The maximum Gasteiger partial charge on any atom is 0.256 e. The van der Waals surface area contributed by atoms with Crippen molar-refractivity contribution >= 4 is 23.3 Å². The average molecular weight is 338 g/mol. The van der Waals surface area contributed by atoms with Gasteiger partial charge in [-0.3, -0.25) is 14.3 Å². The molecule has 4 rings (SSSR count). The molecular weight excluding hydrogens is 316 g/mol. The zero-order valence-corrected chi connectivity index (χ0v) is 14.5. The number of amides is 2. The Labute approximate surface area is 146 Å². The van der Waals surface area contributed by atoms with Crippen LogP contribution in [0.5, 0.6) is 0 Å². The Morgan fingerprint density at radius 2 is 2.12 bits per heavy atom. The average Bonchev–Trinajstić information content (AvgIpc) is 3.37. The molecule has 6 heteroatoms. The van der Waals surface area contributed by atoms with Crippen LogP contribution in [-0.2, 0) is 11.2 Å². The second-order valence-corrected chi connectivity index (χ2v) is 7.07. The van der Waals surface area contributed by atoms with Crippen LogP contribution in [0.15, 0.2) is 24.3 Å². The van der Waals surface area contributed by atoms with Gasteiger partial charge in [0.05, 0.1) is 6.04 Å². The summed E-state index contributed by atoms with van der Waals surface area (Å²) in [5, 5.41) is 10.3. The monoisotopic (exact) mass is 338 g/mol. The van der Waals surface area contributed by atoms with Crippen molar-refractivity contribution in [2.24, 2.45) is 5.92 Å². The van der Waals surface area contributed by atoms with E-state index in [1.165, 1.54) is 12.8 Å². The molecule has 1 aromatic heterocycles. The van der Waals surface area contributed by atoms with Crippen molar-refractivity contribution in [2.75, 3.05) is 10.6 Å². The van der Waals surface area contributed by atoms with Crippen molar-refractivity contribution in [3.63, 3.8) is 0 Å². The van der Waals surface area contributed by atoms with Crippen LogP contribution in [0.4, 0.5) is 11.5 Å². The highest BCUT2D eigenvalue weighted by molar-refractivity contribution is 6.04. The molecule has 1 unspecified atom stereocenters. The van der Waals surface area contributed by atoms with Gasteiger partial charge in [0, 0.05) is 29.4 Å². The standard InChI is InChI=1S/C19H22N4O2/c1-11-9-17(22-23(11)12(2)13-3-4-13)21-19(25)15-5-7-16-14(10-15)6-8-18(24)20-16/h5,7,9-10,12-13H,3-4,6,8H2,1-2H3,(H,20,24)(H,21,22,25). The molecule has 2 heterocycles. The van der Waals surface area contributed by atoms with Crippen molar-refractivity contribution in [3.8, 4) is 0 Å². The molecular formula is C19H22N4O2. The van der Waals surface area contributed by atoms with Crippen molar-refractivity contribution in [2.45, 2.75) is 45.6 Å². The van der Waals surface area contributed by atoms with Crippen LogP contribution in [0.3, 0.4) is 0 Å². The second-order valence-electron chi connectivity index (χ2n) is 7.07. The topological polar surface area (TPSA) is 76.0 Å². The van der Waals surface area contributed by atoms with Gasteiger partial charge in [0.25, 0.3) is 5.91 Å². The molecule has 2 aromatic rings. The van der Waals surface area contributed by atoms with Gasteiger partial charge in [-0.1, -0.05) is 0 Å². The van der Waals surface area contributed by atoms with E-state index in [2.05, 4.69) is 22.7 Å². The number of benzene rings is 1. The molecule has 2 amide bonds. The first-order valence-corrected chi connectivity index (χ1v) is 8.81. The number of anilines is 2. The molecule has 1 atom stereocenters. The number of fused-ring (bicyclic) bond motifs is 1. The Kier molecular flexibility index (Phi) is 3.82. The van der Waals surface area contributed by atoms with Crippen LogP contribution in [0.25, 0.3) is 0 Å². The van der Waals surface area contributed by atoms with E-state index in [1.54, 1.807) is 12.1 Å². The quantitative estimate of drug-likeness (QED) is 0.898. The summed E-state index contributed by atoms with van der Waals surface area (Å²) in [7, 11) is 0. The van der Waals surface area contributed by atoms with Crippen molar-refractivity contribution < 1.29 is 9.59 Å². The van der Waals surface area contributed by atoms with E-state index < -0.39 is 0 Å². The number of rotatable bonds is 4. The molecule has 0 saturated heterocycles. The lowest BCUT2D eigenvalue weighted by atomic mass is 10.00. The first-order valence-electron chi connectivity index (χ1n) is 8.81. The number of hydrogen-bond acceptors (Lipinski definition) is 3. The minimum atomic E-state index is -0.177. The lowest BCUT2D eigenvalue weighted by molar-refractivity contribution is -0.116. The number of nitrogens with one attached hydrogen (secondary N) is 2. The number of carbonyl (C=O) groups excluding carboxylic acids is 2. The summed E-state index contributed by atoms with van der Waals surface area (Å²) in [5.41, 5.74) is 3.43. The third-order valence-electron chi connectivity index (χ3n) is 5.12.